The Labute approximate surface area is 225 Å². The van der Waals surface area contributed by atoms with Gasteiger partial charge in [-0.05, 0) is 49.4 Å². The number of carbonyl (C=O) groups excluding carboxylic acids is 2. The van der Waals surface area contributed by atoms with E-state index in [0.717, 1.165) is 34.5 Å². The first-order chi connectivity index (χ1) is 18.0. The molecule has 0 aliphatic carbocycles. The molecule has 2 amide bonds. The van der Waals surface area contributed by atoms with Crippen molar-refractivity contribution in [2.45, 2.75) is 32.4 Å². The van der Waals surface area contributed by atoms with Gasteiger partial charge < -0.3 is 5.32 Å². The summed E-state index contributed by atoms with van der Waals surface area (Å²) >= 11 is 3.31. The Bertz CT molecular complexity index is 1410. The number of anilines is 1. The first-order valence-corrected chi connectivity index (χ1v) is 14.4. The predicted molar refractivity (Wildman–Crippen MR) is 153 cm³/mol. The second kappa shape index (κ2) is 10.9. The summed E-state index contributed by atoms with van der Waals surface area (Å²) in [4.78, 5) is 29.4. The highest BCUT2D eigenvalue weighted by Gasteiger charge is 2.38. The summed E-state index contributed by atoms with van der Waals surface area (Å²) in [6, 6.07) is 20.3. The van der Waals surface area contributed by atoms with E-state index in [1.165, 1.54) is 10.4 Å². The van der Waals surface area contributed by atoms with Crippen molar-refractivity contribution in [3.05, 3.63) is 87.6 Å². The van der Waals surface area contributed by atoms with E-state index in [1.54, 1.807) is 28.0 Å². The second-order valence-corrected chi connectivity index (χ2v) is 11.2. The van der Waals surface area contributed by atoms with Gasteiger partial charge in [0, 0.05) is 22.5 Å². The monoisotopic (exact) mass is 530 g/mol. The molecule has 4 aromatic rings. The molecule has 1 atom stereocenters. The van der Waals surface area contributed by atoms with Crippen LogP contribution in [0.3, 0.4) is 0 Å². The summed E-state index contributed by atoms with van der Waals surface area (Å²) in [5, 5.41) is 10.1. The van der Waals surface area contributed by atoms with Crippen molar-refractivity contribution in [2.24, 2.45) is 0 Å². The minimum absolute atomic E-state index is 0.0473. The molecule has 0 saturated heterocycles. The van der Waals surface area contributed by atoms with Crippen molar-refractivity contribution in [1.82, 2.24) is 15.1 Å². The fourth-order valence-electron chi connectivity index (χ4n) is 4.52. The van der Waals surface area contributed by atoms with Gasteiger partial charge in [0.05, 0.1) is 22.4 Å². The number of nitrogens with one attached hydrogen (secondary N) is 1. The van der Waals surface area contributed by atoms with Crippen LogP contribution in [-0.4, -0.2) is 40.4 Å². The number of hydrogen-bond donors (Lipinski definition) is 1. The van der Waals surface area contributed by atoms with Gasteiger partial charge in [-0.1, -0.05) is 55.0 Å². The largest absolute Gasteiger partial charge is 0.355 e. The number of aromatic nitrogens is 2. The Balaban J connectivity index is 1.78. The number of thiophene rings is 1. The number of nitrogens with zero attached hydrogens (tertiary/aromatic N) is 3. The minimum atomic E-state index is -0.171. The van der Waals surface area contributed by atoms with E-state index >= 15 is 0 Å². The molecular formula is C29H30N4O2S2. The zero-order chi connectivity index (χ0) is 25.9. The number of fused-ring (bicyclic) bond motifs is 1. The van der Waals surface area contributed by atoms with Crippen LogP contribution in [0.4, 0.5) is 5.82 Å². The standard InChI is InChI=1S/C29H30N4O2S2/c1-4-15-30-23(34)17-32-24(35)18-37-28(27-20(3)14-16-36-27)25-26(21-8-6-5-7-9-21)31-33(29(25)32)22-12-10-19(2)11-13-22/h5-14,16,28H,4,15,17-18H2,1-3H3,(H,30,34)/t28-/m0/s1. The molecule has 190 valence electrons. The number of rotatable bonds is 7. The van der Waals surface area contributed by atoms with E-state index in [9.17, 15) is 9.59 Å². The van der Waals surface area contributed by atoms with Crippen molar-refractivity contribution in [3.63, 3.8) is 0 Å². The highest BCUT2D eigenvalue weighted by Crippen LogP contribution is 2.50. The van der Waals surface area contributed by atoms with E-state index in [0.29, 0.717) is 12.4 Å². The first-order valence-electron chi connectivity index (χ1n) is 12.5. The molecule has 2 aromatic carbocycles. The van der Waals surface area contributed by atoms with E-state index in [4.69, 9.17) is 5.10 Å². The molecule has 1 aliphatic heterocycles. The third-order valence-corrected chi connectivity index (χ3v) is 8.88. The van der Waals surface area contributed by atoms with Crippen molar-refractivity contribution in [2.75, 3.05) is 23.7 Å². The molecule has 2 aromatic heterocycles. The smallest absolute Gasteiger partial charge is 0.240 e. The second-order valence-electron chi connectivity index (χ2n) is 9.19. The third kappa shape index (κ3) is 5.08. The maximum Gasteiger partial charge on any atom is 0.240 e. The highest BCUT2D eigenvalue weighted by molar-refractivity contribution is 8.00. The van der Waals surface area contributed by atoms with Crippen molar-refractivity contribution in [1.29, 1.82) is 0 Å². The summed E-state index contributed by atoms with van der Waals surface area (Å²) < 4.78 is 1.85. The Morgan fingerprint density at radius 1 is 1.08 bits per heavy atom. The summed E-state index contributed by atoms with van der Waals surface area (Å²) in [6.07, 6.45) is 0.833. The maximum atomic E-state index is 13.7. The number of carbonyl (C=O) groups is 2. The summed E-state index contributed by atoms with van der Waals surface area (Å²) in [5.74, 6) is 0.680. The third-order valence-electron chi connectivity index (χ3n) is 6.43. The molecule has 0 fully saturated rings. The molecule has 8 heteroatoms. The molecule has 37 heavy (non-hydrogen) atoms. The van der Waals surface area contributed by atoms with Crippen LogP contribution in [0.5, 0.6) is 0 Å². The zero-order valence-electron chi connectivity index (χ0n) is 21.2. The van der Waals surface area contributed by atoms with Gasteiger partial charge in [0.25, 0.3) is 0 Å². The van der Waals surface area contributed by atoms with Crippen LogP contribution in [0.15, 0.2) is 66.0 Å². The van der Waals surface area contributed by atoms with E-state index < -0.39 is 0 Å². The lowest BCUT2D eigenvalue weighted by atomic mass is 10.0. The Morgan fingerprint density at radius 2 is 1.84 bits per heavy atom. The zero-order valence-corrected chi connectivity index (χ0v) is 22.9. The Kier molecular flexibility index (Phi) is 7.48. The molecule has 3 heterocycles. The molecular weight excluding hydrogens is 500 g/mol. The number of aryl methyl sites for hydroxylation is 2. The van der Waals surface area contributed by atoms with E-state index in [1.807, 2.05) is 61.0 Å². The van der Waals surface area contributed by atoms with E-state index in [-0.39, 0.29) is 29.4 Å². The van der Waals surface area contributed by atoms with Crippen molar-refractivity contribution in [3.8, 4) is 16.9 Å². The van der Waals surface area contributed by atoms with Gasteiger partial charge in [0.1, 0.15) is 12.4 Å². The Hall–Kier alpha value is -3.36. The normalized spacial score (nSPS) is 15.4. The lowest BCUT2D eigenvalue weighted by Crippen LogP contribution is -2.42. The SMILES string of the molecule is CCCNC(=O)CN1C(=O)CS[C@H](c2sccc2C)c2c(-c3ccccc3)nn(-c3ccc(C)cc3)c21. The molecule has 0 radical (unpaired) electrons. The first kappa shape index (κ1) is 25.3. The maximum absolute atomic E-state index is 13.7. The van der Waals surface area contributed by atoms with Gasteiger partial charge >= 0.3 is 0 Å². The fourth-order valence-corrected chi connectivity index (χ4v) is 6.99. The molecule has 1 aliphatic rings. The lowest BCUT2D eigenvalue weighted by molar-refractivity contribution is -0.122. The molecule has 5 rings (SSSR count). The molecule has 1 N–H and O–H groups in total. The van der Waals surface area contributed by atoms with Crippen LogP contribution >= 0.6 is 23.1 Å². The Morgan fingerprint density at radius 3 is 2.51 bits per heavy atom. The average Bonchev–Trinajstić information content (AvgIpc) is 3.48. The summed E-state index contributed by atoms with van der Waals surface area (Å²) in [6.45, 7) is 6.70. The summed E-state index contributed by atoms with van der Waals surface area (Å²) in [7, 11) is 0. The number of hydrogen-bond acceptors (Lipinski definition) is 5. The topological polar surface area (TPSA) is 67.2 Å². The van der Waals surface area contributed by atoms with Crippen molar-refractivity contribution < 1.29 is 9.59 Å². The van der Waals surface area contributed by atoms with Crippen LogP contribution in [0.25, 0.3) is 16.9 Å². The van der Waals surface area contributed by atoms with Crippen LogP contribution in [0.2, 0.25) is 0 Å². The van der Waals surface area contributed by atoms with Gasteiger partial charge in [0.15, 0.2) is 0 Å². The van der Waals surface area contributed by atoms with Gasteiger partial charge in [-0.25, -0.2) is 4.68 Å². The molecule has 0 spiro atoms. The van der Waals surface area contributed by atoms with Gasteiger partial charge in [-0.15, -0.1) is 23.1 Å². The van der Waals surface area contributed by atoms with E-state index in [2.05, 4.69) is 35.8 Å². The molecule has 0 unspecified atom stereocenters. The number of thioether (sulfide) groups is 1. The number of benzene rings is 2. The molecule has 0 saturated carbocycles. The van der Waals surface area contributed by atoms with Crippen LogP contribution in [0, 0.1) is 13.8 Å². The van der Waals surface area contributed by atoms with Crippen molar-refractivity contribution >= 4 is 40.7 Å². The predicted octanol–water partition coefficient (Wildman–Crippen LogP) is 5.91. The minimum Gasteiger partial charge on any atom is -0.355 e. The molecule has 0 bridgehead atoms. The van der Waals surface area contributed by atoms with Gasteiger partial charge in [-0.3, -0.25) is 14.5 Å². The quantitative estimate of drug-likeness (QED) is 0.322. The molecule has 6 nitrogen and oxygen atoms in total. The fraction of sp³-hybridized carbons (Fsp3) is 0.276. The summed E-state index contributed by atoms with van der Waals surface area (Å²) in [5.41, 5.74) is 5.96. The highest BCUT2D eigenvalue weighted by atomic mass is 32.2. The van der Waals surface area contributed by atoms with Crippen LogP contribution in [0.1, 0.15) is 40.2 Å². The van der Waals surface area contributed by atoms with Gasteiger partial charge in [0.2, 0.25) is 11.8 Å². The average molecular weight is 531 g/mol. The van der Waals surface area contributed by atoms with Crippen LogP contribution in [-0.2, 0) is 9.59 Å². The number of amides is 2. The van der Waals surface area contributed by atoms with Gasteiger partial charge in [-0.2, -0.15) is 5.10 Å². The lowest BCUT2D eigenvalue weighted by Gasteiger charge is -2.23. The van der Waals surface area contributed by atoms with Crippen LogP contribution < -0.4 is 10.2 Å².